The summed E-state index contributed by atoms with van der Waals surface area (Å²) in [5.74, 6) is 0. The predicted molar refractivity (Wildman–Crippen MR) is 99.0 cm³/mol. The summed E-state index contributed by atoms with van der Waals surface area (Å²) < 4.78 is 5.63. The van der Waals surface area contributed by atoms with E-state index < -0.39 is 18.4 Å². The fourth-order valence-electron chi connectivity index (χ4n) is 3.14. The number of hydrogen-bond acceptors (Lipinski definition) is 2. The Hall–Kier alpha value is 0.459. The van der Waals surface area contributed by atoms with Gasteiger partial charge in [0.2, 0.25) is 0 Å². The third kappa shape index (κ3) is 5.54. The molecular weight excluding hydrogens is 406 g/mol. The van der Waals surface area contributed by atoms with Gasteiger partial charge in [0.05, 0.1) is 0 Å². The molecule has 1 nitrogen and oxygen atoms in total. The van der Waals surface area contributed by atoms with Gasteiger partial charge in [0.1, 0.15) is 0 Å². The molecule has 0 bridgehead atoms. The van der Waals surface area contributed by atoms with Crippen molar-refractivity contribution in [2.24, 2.45) is 0 Å². The monoisotopic (exact) mass is 436 g/mol. The Balaban J connectivity index is 3.16. The van der Waals surface area contributed by atoms with E-state index in [0.29, 0.717) is 0 Å². The molecular formula is C17H29ClOSSn. The zero-order chi connectivity index (χ0) is 15.7. The van der Waals surface area contributed by atoms with Crippen molar-refractivity contribution in [2.45, 2.75) is 72.6 Å². The van der Waals surface area contributed by atoms with Crippen LogP contribution >= 0.6 is 22.9 Å². The van der Waals surface area contributed by atoms with Crippen molar-refractivity contribution in [3.8, 4) is 0 Å². The summed E-state index contributed by atoms with van der Waals surface area (Å²) >= 11 is 5.22. The first-order chi connectivity index (χ1) is 10.1. The summed E-state index contributed by atoms with van der Waals surface area (Å²) in [6.45, 7) is 6.83. The van der Waals surface area contributed by atoms with E-state index >= 15 is 0 Å². The fraction of sp³-hybridized carbons (Fsp3) is 0.706. The van der Waals surface area contributed by atoms with Crippen LogP contribution in [0.5, 0.6) is 0 Å². The van der Waals surface area contributed by atoms with E-state index in [4.69, 9.17) is 11.6 Å². The first-order valence-electron chi connectivity index (χ1n) is 8.39. The van der Waals surface area contributed by atoms with Gasteiger partial charge in [-0.1, -0.05) is 0 Å². The van der Waals surface area contributed by atoms with Crippen molar-refractivity contribution in [1.82, 2.24) is 0 Å². The molecule has 0 N–H and O–H groups in total. The van der Waals surface area contributed by atoms with Crippen LogP contribution in [0.2, 0.25) is 13.3 Å². The van der Waals surface area contributed by atoms with Crippen molar-refractivity contribution < 1.29 is 4.79 Å². The SMILES string of the molecule is CCC[CH2][Sn]([CH2]CCC)([CH2]CCC)[c]1sccc1C(=O)Cl. The van der Waals surface area contributed by atoms with Gasteiger partial charge in [-0.15, -0.1) is 0 Å². The summed E-state index contributed by atoms with van der Waals surface area (Å²) in [5.41, 5.74) is 0.848. The average molecular weight is 436 g/mol. The van der Waals surface area contributed by atoms with Gasteiger partial charge in [0, 0.05) is 0 Å². The summed E-state index contributed by atoms with van der Waals surface area (Å²) in [7, 11) is 0. The fourth-order valence-corrected chi connectivity index (χ4v) is 24.3. The molecule has 0 unspecified atom stereocenters. The van der Waals surface area contributed by atoms with E-state index in [0.717, 1.165) is 5.56 Å². The van der Waals surface area contributed by atoms with Gasteiger partial charge in [-0.25, -0.2) is 0 Å². The van der Waals surface area contributed by atoms with E-state index in [1.165, 1.54) is 54.7 Å². The molecule has 0 aliphatic heterocycles. The molecule has 0 atom stereocenters. The zero-order valence-corrected chi connectivity index (χ0v) is 18.1. The van der Waals surface area contributed by atoms with Gasteiger partial charge >= 0.3 is 144 Å². The van der Waals surface area contributed by atoms with Crippen LogP contribution in [0.25, 0.3) is 0 Å². The molecule has 4 heteroatoms. The van der Waals surface area contributed by atoms with Crippen molar-refractivity contribution in [1.29, 1.82) is 0 Å². The minimum atomic E-state index is -2.47. The topological polar surface area (TPSA) is 17.1 Å². The molecule has 1 rings (SSSR count). The molecule has 1 heterocycles. The molecule has 0 radical (unpaired) electrons. The van der Waals surface area contributed by atoms with E-state index in [2.05, 4.69) is 26.2 Å². The summed E-state index contributed by atoms with van der Waals surface area (Å²) in [6, 6.07) is 1.96. The Kier molecular flexibility index (Phi) is 9.54. The van der Waals surface area contributed by atoms with E-state index in [1.54, 1.807) is 0 Å². The van der Waals surface area contributed by atoms with Gasteiger partial charge < -0.3 is 0 Å². The first kappa shape index (κ1) is 19.5. The second-order valence-electron chi connectivity index (χ2n) is 6.03. The number of thiophene rings is 1. The third-order valence-corrected chi connectivity index (χ3v) is 24.0. The molecule has 0 spiro atoms. The summed E-state index contributed by atoms with van der Waals surface area (Å²) in [4.78, 5) is 11.8. The Morgan fingerprint density at radius 3 is 1.90 bits per heavy atom. The van der Waals surface area contributed by atoms with Crippen molar-refractivity contribution >= 4 is 49.5 Å². The first-order valence-corrected chi connectivity index (χ1v) is 17.1. The normalized spacial score (nSPS) is 11.8. The van der Waals surface area contributed by atoms with Gasteiger partial charge in [-0.2, -0.15) is 0 Å². The zero-order valence-electron chi connectivity index (χ0n) is 13.7. The molecule has 120 valence electrons. The molecule has 0 amide bonds. The number of carbonyl (C=O) groups is 1. The minimum absolute atomic E-state index is 0.239. The van der Waals surface area contributed by atoms with Gasteiger partial charge in [-0.3, -0.25) is 0 Å². The van der Waals surface area contributed by atoms with Crippen LogP contribution in [0, 0.1) is 0 Å². The van der Waals surface area contributed by atoms with Crippen molar-refractivity contribution in [3.05, 3.63) is 17.0 Å². The van der Waals surface area contributed by atoms with Crippen LogP contribution in [0.15, 0.2) is 11.4 Å². The van der Waals surface area contributed by atoms with Crippen LogP contribution < -0.4 is 2.89 Å². The number of unbranched alkanes of at least 4 members (excludes halogenated alkanes) is 3. The standard InChI is InChI=1S/C5H2ClOS.3C4H9.Sn/c6-5(7)4-1-2-8-3-4;3*1-3-4-2;/h1-2H;3*1,3-4H2,2H3;. The predicted octanol–water partition coefficient (Wildman–Crippen LogP) is 6.18. The maximum atomic E-state index is 11.8. The maximum absolute atomic E-state index is 11.8. The Morgan fingerprint density at radius 1 is 1.05 bits per heavy atom. The average Bonchev–Trinajstić information content (AvgIpc) is 2.97. The number of rotatable bonds is 11. The second-order valence-corrected chi connectivity index (χ2v) is 21.3. The van der Waals surface area contributed by atoms with Crippen LogP contribution in [0.4, 0.5) is 0 Å². The van der Waals surface area contributed by atoms with E-state index in [-0.39, 0.29) is 5.24 Å². The van der Waals surface area contributed by atoms with E-state index in [1.807, 2.05) is 17.4 Å². The van der Waals surface area contributed by atoms with Crippen LogP contribution in [0.1, 0.15) is 69.7 Å². The summed E-state index contributed by atoms with van der Waals surface area (Å²) in [6.07, 6.45) is 7.72. The molecule has 0 aliphatic carbocycles. The van der Waals surface area contributed by atoms with Crippen LogP contribution in [-0.4, -0.2) is 23.6 Å². The van der Waals surface area contributed by atoms with Crippen LogP contribution in [0.3, 0.4) is 0 Å². The number of hydrogen-bond donors (Lipinski definition) is 0. The van der Waals surface area contributed by atoms with Gasteiger partial charge in [-0.05, 0) is 0 Å². The molecule has 1 aromatic heterocycles. The van der Waals surface area contributed by atoms with Gasteiger partial charge in [0.15, 0.2) is 0 Å². The molecule has 1 aromatic rings. The van der Waals surface area contributed by atoms with Crippen molar-refractivity contribution in [2.75, 3.05) is 0 Å². The quantitative estimate of drug-likeness (QED) is 0.299. The molecule has 0 aliphatic rings. The third-order valence-electron chi connectivity index (χ3n) is 4.39. The van der Waals surface area contributed by atoms with Crippen LogP contribution in [-0.2, 0) is 0 Å². The second kappa shape index (κ2) is 10.3. The van der Waals surface area contributed by atoms with Gasteiger partial charge in [0.25, 0.3) is 0 Å². The molecule has 0 aromatic carbocycles. The Labute approximate surface area is 143 Å². The van der Waals surface area contributed by atoms with E-state index in [9.17, 15) is 4.79 Å². The molecule has 0 saturated heterocycles. The number of halogens is 1. The molecule has 0 fully saturated rings. The molecule has 0 saturated carbocycles. The van der Waals surface area contributed by atoms with Crippen molar-refractivity contribution in [3.63, 3.8) is 0 Å². The summed E-state index contributed by atoms with van der Waals surface area (Å²) in [5, 5.41) is 1.84. The Bertz CT molecular complexity index is 408. The Morgan fingerprint density at radius 2 is 1.52 bits per heavy atom. The number of carbonyl (C=O) groups excluding carboxylic acids is 1. The molecule has 21 heavy (non-hydrogen) atoms.